The van der Waals surface area contributed by atoms with Crippen LogP contribution in [0.25, 0.3) is 0 Å². The van der Waals surface area contributed by atoms with E-state index in [0.717, 1.165) is 0 Å². The summed E-state index contributed by atoms with van der Waals surface area (Å²) < 4.78 is 24.7. The first-order valence-electron chi connectivity index (χ1n) is 5.79. The van der Waals surface area contributed by atoms with Crippen LogP contribution in [0.3, 0.4) is 0 Å². The van der Waals surface area contributed by atoms with Crippen molar-refractivity contribution in [1.82, 2.24) is 0 Å². The van der Waals surface area contributed by atoms with Gasteiger partial charge in [0.15, 0.2) is 15.1 Å². The van der Waals surface area contributed by atoms with Gasteiger partial charge >= 0.3 is 5.97 Å². The van der Waals surface area contributed by atoms with Crippen molar-refractivity contribution in [3.8, 4) is 0 Å². The lowest BCUT2D eigenvalue weighted by molar-refractivity contribution is -0.137. The van der Waals surface area contributed by atoms with Crippen LogP contribution in [-0.2, 0) is 14.6 Å². The van der Waals surface area contributed by atoms with E-state index >= 15 is 0 Å². The number of hydrogen-bond donors (Lipinski definition) is 1. The van der Waals surface area contributed by atoms with Gasteiger partial charge in [-0.25, -0.2) is 8.42 Å². The van der Waals surface area contributed by atoms with Gasteiger partial charge in [-0.1, -0.05) is 44.2 Å². The van der Waals surface area contributed by atoms with Crippen LogP contribution in [0, 0.1) is 5.92 Å². The minimum atomic E-state index is -3.75. The number of hydrogen-bond acceptors (Lipinski definition) is 3. The van der Waals surface area contributed by atoms with Crippen molar-refractivity contribution in [3.05, 3.63) is 35.9 Å². The lowest BCUT2D eigenvalue weighted by atomic mass is 10.1. The molecule has 1 N–H and O–H groups in total. The van der Waals surface area contributed by atoms with E-state index in [1.54, 1.807) is 44.2 Å². The Bertz CT molecular complexity index is 505. The first kappa shape index (κ1) is 14.7. The second-order valence-corrected chi connectivity index (χ2v) is 7.04. The van der Waals surface area contributed by atoms with Gasteiger partial charge in [0.25, 0.3) is 0 Å². The Balaban J connectivity index is 3.17. The van der Waals surface area contributed by atoms with Gasteiger partial charge in [0.1, 0.15) is 0 Å². The first-order valence-corrected chi connectivity index (χ1v) is 7.40. The standard InChI is InChI=1S/C13H18O4S/c1-9(2)12(13(14)15)18(16,17)10(3)11-7-5-4-6-8-11/h4-10,12H,1-3H3,(H,14,15). The zero-order chi connectivity index (χ0) is 13.9. The molecule has 0 aliphatic heterocycles. The molecule has 1 rings (SSSR count). The van der Waals surface area contributed by atoms with Gasteiger partial charge in [-0.05, 0) is 18.4 Å². The highest BCUT2D eigenvalue weighted by Crippen LogP contribution is 2.28. The third kappa shape index (κ3) is 2.90. The molecule has 1 aromatic rings. The molecule has 1 aromatic carbocycles. The number of aliphatic carboxylic acids is 1. The zero-order valence-corrected chi connectivity index (χ0v) is 11.5. The molecule has 0 aliphatic carbocycles. The number of rotatable bonds is 5. The van der Waals surface area contributed by atoms with Gasteiger partial charge in [-0.2, -0.15) is 0 Å². The highest BCUT2D eigenvalue weighted by atomic mass is 32.2. The van der Waals surface area contributed by atoms with Crippen molar-refractivity contribution >= 4 is 15.8 Å². The molecular formula is C13H18O4S. The first-order chi connectivity index (χ1) is 8.28. The average Bonchev–Trinajstić information content (AvgIpc) is 2.27. The van der Waals surface area contributed by atoms with E-state index in [0.29, 0.717) is 5.56 Å². The van der Waals surface area contributed by atoms with E-state index in [9.17, 15) is 13.2 Å². The molecule has 5 heteroatoms. The van der Waals surface area contributed by atoms with Crippen LogP contribution in [0.5, 0.6) is 0 Å². The molecule has 0 bridgehead atoms. The van der Waals surface area contributed by atoms with Crippen molar-refractivity contribution < 1.29 is 18.3 Å². The molecule has 0 radical (unpaired) electrons. The summed E-state index contributed by atoms with van der Waals surface area (Å²) >= 11 is 0. The molecule has 0 saturated carbocycles. The minimum absolute atomic E-state index is 0.460. The van der Waals surface area contributed by atoms with Crippen molar-refractivity contribution in [3.63, 3.8) is 0 Å². The summed E-state index contributed by atoms with van der Waals surface area (Å²) in [5.74, 6) is -1.74. The van der Waals surface area contributed by atoms with Gasteiger partial charge in [0.05, 0.1) is 5.25 Å². The van der Waals surface area contributed by atoms with E-state index in [1.807, 2.05) is 0 Å². The molecule has 0 aromatic heterocycles. The normalized spacial score (nSPS) is 15.3. The summed E-state index contributed by atoms with van der Waals surface area (Å²) in [4.78, 5) is 11.1. The predicted octanol–water partition coefficient (Wildman–Crippen LogP) is 2.27. The number of carbonyl (C=O) groups is 1. The molecule has 0 saturated heterocycles. The van der Waals surface area contributed by atoms with Crippen LogP contribution in [-0.4, -0.2) is 24.7 Å². The Labute approximate surface area is 108 Å². The molecule has 0 spiro atoms. The SMILES string of the molecule is CC(C)C(C(=O)O)S(=O)(=O)C(C)c1ccccc1. The fraction of sp³-hybridized carbons (Fsp3) is 0.462. The fourth-order valence-corrected chi connectivity index (χ4v) is 3.95. The van der Waals surface area contributed by atoms with Crippen LogP contribution in [0.1, 0.15) is 31.6 Å². The Kier molecular flexibility index (Phi) is 4.51. The van der Waals surface area contributed by atoms with Gasteiger partial charge in [0, 0.05) is 0 Å². The van der Waals surface area contributed by atoms with Gasteiger partial charge in [-0.15, -0.1) is 0 Å². The molecule has 4 nitrogen and oxygen atoms in total. The Morgan fingerprint density at radius 3 is 2.00 bits per heavy atom. The molecule has 18 heavy (non-hydrogen) atoms. The average molecular weight is 270 g/mol. The lowest BCUT2D eigenvalue weighted by Gasteiger charge is -2.21. The summed E-state index contributed by atoms with van der Waals surface area (Å²) in [6.45, 7) is 4.74. The quantitative estimate of drug-likeness (QED) is 0.891. The minimum Gasteiger partial charge on any atom is -0.480 e. The van der Waals surface area contributed by atoms with Crippen LogP contribution in [0.15, 0.2) is 30.3 Å². The predicted molar refractivity (Wildman–Crippen MR) is 70.0 cm³/mol. The smallest absolute Gasteiger partial charge is 0.322 e. The fourth-order valence-electron chi connectivity index (χ4n) is 1.94. The third-order valence-electron chi connectivity index (χ3n) is 2.96. The van der Waals surface area contributed by atoms with Crippen LogP contribution in [0.2, 0.25) is 0 Å². The topological polar surface area (TPSA) is 71.4 Å². The monoisotopic (exact) mass is 270 g/mol. The second-order valence-electron chi connectivity index (χ2n) is 4.64. The Morgan fingerprint density at radius 1 is 1.11 bits per heavy atom. The van der Waals surface area contributed by atoms with Crippen LogP contribution >= 0.6 is 0 Å². The van der Waals surface area contributed by atoms with Gasteiger partial charge in [-0.3, -0.25) is 4.79 Å². The largest absolute Gasteiger partial charge is 0.480 e. The van der Waals surface area contributed by atoms with E-state index in [4.69, 9.17) is 5.11 Å². The molecule has 0 heterocycles. The van der Waals surface area contributed by atoms with Crippen molar-refractivity contribution in [2.24, 2.45) is 5.92 Å². The number of sulfone groups is 1. The highest BCUT2D eigenvalue weighted by molar-refractivity contribution is 7.93. The molecule has 100 valence electrons. The van der Waals surface area contributed by atoms with Gasteiger partial charge in [0.2, 0.25) is 0 Å². The number of benzene rings is 1. The summed E-state index contributed by atoms with van der Waals surface area (Å²) in [5.41, 5.74) is 0.615. The van der Waals surface area contributed by atoms with E-state index in [-0.39, 0.29) is 0 Å². The Hall–Kier alpha value is -1.36. The summed E-state index contributed by atoms with van der Waals surface area (Å²) in [6, 6.07) is 8.67. The van der Waals surface area contributed by atoms with Gasteiger partial charge < -0.3 is 5.11 Å². The molecule has 2 atom stereocenters. The van der Waals surface area contributed by atoms with E-state index in [1.165, 1.54) is 6.92 Å². The number of carboxylic acids is 1. The highest BCUT2D eigenvalue weighted by Gasteiger charge is 2.39. The second kappa shape index (κ2) is 5.52. The van der Waals surface area contributed by atoms with Crippen molar-refractivity contribution in [1.29, 1.82) is 0 Å². The van der Waals surface area contributed by atoms with Crippen LogP contribution in [0.4, 0.5) is 0 Å². The molecule has 0 aliphatic rings. The zero-order valence-electron chi connectivity index (χ0n) is 10.7. The van der Waals surface area contributed by atoms with E-state index in [2.05, 4.69) is 0 Å². The summed E-state index contributed by atoms with van der Waals surface area (Å²) in [5, 5.41) is 6.91. The molecule has 0 fully saturated rings. The third-order valence-corrected chi connectivity index (χ3v) is 5.68. The summed E-state index contributed by atoms with van der Waals surface area (Å²) in [7, 11) is -3.75. The van der Waals surface area contributed by atoms with Crippen molar-refractivity contribution in [2.45, 2.75) is 31.3 Å². The maximum absolute atomic E-state index is 12.3. The Morgan fingerprint density at radius 2 is 1.61 bits per heavy atom. The maximum atomic E-state index is 12.3. The van der Waals surface area contributed by atoms with Crippen LogP contribution < -0.4 is 0 Å². The van der Waals surface area contributed by atoms with E-state index < -0.39 is 32.2 Å². The lowest BCUT2D eigenvalue weighted by Crippen LogP contribution is -2.37. The molecule has 0 amide bonds. The number of carboxylic acid groups (broad SMARTS) is 1. The molecule has 2 unspecified atom stereocenters. The molecular weight excluding hydrogens is 252 g/mol. The maximum Gasteiger partial charge on any atom is 0.322 e. The summed E-state index contributed by atoms with van der Waals surface area (Å²) in [6.07, 6.45) is 0. The van der Waals surface area contributed by atoms with Crippen molar-refractivity contribution in [2.75, 3.05) is 0 Å².